The zero-order valence-electron chi connectivity index (χ0n) is 17.9. The van der Waals surface area contributed by atoms with Gasteiger partial charge in [0.1, 0.15) is 24.5 Å². The Morgan fingerprint density at radius 3 is 2.74 bits per heavy atom. The summed E-state index contributed by atoms with van der Waals surface area (Å²) in [6, 6.07) is 9.08. The molecule has 1 saturated heterocycles. The summed E-state index contributed by atoms with van der Waals surface area (Å²) in [6.45, 7) is 6.08. The van der Waals surface area contributed by atoms with Crippen molar-refractivity contribution in [3.63, 3.8) is 0 Å². The fourth-order valence-electron chi connectivity index (χ4n) is 3.97. The molecule has 1 fully saturated rings. The van der Waals surface area contributed by atoms with Crippen molar-refractivity contribution in [3.8, 4) is 16.9 Å². The lowest BCUT2D eigenvalue weighted by Gasteiger charge is -2.31. The molecule has 2 aliphatic heterocycles. The molecule has 3 atom stereocenters. The summed E-state index contributed by atoms with van der Waals surface area (Å²) in [5, 5.41) is 13.0. The summed E-state index contributed by atoms with van der Waals surface area (Å²) in [5.41, 5.74) is 3.09. The van der Waals surface area contributed by atoms with E-state index in [1.54, 1.807) is 11.1 Å². The van der Waals surface area contributed by atoms with Crippen molar-refractivity contribution in [2.24, 2.45) is 5.92 Å². The molecule has 1 aromatic carbocycles. The molecule has 0 bridgehead atoms. The van der Waals surface area contributed by atoms with Crippen LogP contribution in [0.25, 0.3) is 11.1 Å². The van der Waals surface area contributed by atoms with Crippen molar-refractivity contribution >= 4 is 17.7 Å². The monoisotopic (exact) mass is 425 g/mol. The van der Waals surface area contributed by atoms with E-state index in [1.165, 1.54) is 6.92 Å². The molecular weight excluding hydrogens is 398 g/mol. The normalized spacial score (nSPS) is 20.5. The number of anilines is 1. The first-order valence-electron chi connectivity index (χ1n) is 10.5. The van der Waals surface area contributed by atoms with E-state index < -0.39 is 18.3 Å². The lowest BCUT2D eigenvalue weighted by Crippen LogP contribution is -2.47. The van der Waals surface area contributed by atoms with E-state index in [-0.39, 0.29) is 25.1 Å². The molecule has 3 unspecified atom stereocenters. The van der Waals surface area contributed by atoms with Crippen LogP contribution in [-0.2, 0) is 9.53 Å². The summed E-state index contributed by atoms with van der Waals surface area (Å²) < 4.78 is 11.4. The number of nitrogens with zero attached hydrogens (tertiary/aromatic N) is 2. The van der Waals surface area contributed by atoms with E-state index in [0.29, 0.717) is 29.5 Å². The molecular formula is C23H27N3O5. The number of cyclic esters (lactones) is 1. The number of amides is 2. The summed E-state index contributed by atoms with van der Waals surface area (Å²) in [7, 11) is 0. The second kappa shape index (κ2) is 8.55. The minimum absolute atomic E-state index is 0.173. The third-order valence-corrected chi connectivity index (χ3v) is 5.55. The van der Waals surface area contributed by atoms with E-state index in [0.717, 1.165) is 11.1 Å². The van der Waals surface area contributed by atoms with E-state index in [4.69, 9.17) is 9.47 Å². The van der Waals surface area contributed by atoms with Gasteiger partial charge in [-0.1, -0.05) is 26.0 Å². The fourth-order valence-corrected chi connectivity index (χ4v) is 3.97. The predicted molar refractivity (Wildman–Crippen MR) is 115 cm³/mol. The second-order valence-corrected chi connectivity index (χ2v) is 8.41. The Labute approximate surface area is 181 Å². The Morgan fingerprint density at radius 1 is 1.29 bits per heavy atom. The molecule has 31 heavy (non-hydrogen) atoms. The van der Waals surface area contributed by atoms with Crippen LogP contribution in [0.15, 0.2) is 36.5 Å². The van der Waals surface area contributed by atoms with Crippen LogP contribution in [0.1, 0.15) is 39.0 Å². The molecule has 164 valence electrons. The van der Waals surface area contributed by atoms with E-state index in [2.05, 4.69) is 24.1 Å². The number of aromatic nitrogens is 1. The molecule has 1 aromatic heterocycles. The van der Waals surface area contributed by atoms with Crippen molar-refractivity contribution in [3.05, 3.63) is 42.2 Å². The van der Waals surface area contributed by atoms with Crippen LogP contribution in [0.3, 0.4) is 0 Å². The molecule has 3 heterocycles. The number of aliphatic hydroxyl groups is 1. The number of hydrogen-bond donors (Lipinski definition) is 2. The fraction of sp³-hybridized carbons (Fsp3) is 0.435. The van der Waals surface area contributed by atoms with Crippen LogP contribution in [0.5, 0.6) is 5.75 Å². The van der Waals surface area contributed by atoms with Gasteiger partial charge in [0, 0.05) is 18.7 Å². The molecule has 2 aliphatic rings. The zero-order chi connectivity index (χ0) is 22.1. The molecule has 4 rings (SSSR count). The van der Waals surface area contributed by atoms with Gasteiger partial charge in [0.05, 0.1) is 24.0 Å². The molecule has 8 nitrogen and oxygen atoms in total. The Kier molecular flexibility index (Phi) is 5.82. The number of aliphatic hydroxyl groups excluding tert-OH is 1. The average molecular weight is 425 g/mol. The number of carbonyl (C=O) groups excluding carboxylic acids is 2. The minimum atomic E-state index is -0.579. The quantitative estimate of drug-likeness (QED) is 0.738. The largest absolute Gasteiger partial charge is 0.489 e. The number of pyridine rings is 1. The zero-order valence-corrected chi connectivity index (χ0v) is 17.9. The number of ether oxygens (including phenoxy) is 2. The van der Waals surface area contributed by atoms with Crippen molar-refractivity contribution in [2.45, 2.75) is 45.4 Å². The molecule has 2 amide bonds. The number of hydrogen-bond acceptors (Lipinski definition) is 6. The van der Waals surface area contributed by atoms with E-state index >= 15 is 0 Å². The van der Waals surface area contributed by atoms with Gasteiger partial charge in [-0.2, -0.15) is 0 Å². The van der Waals surface area contributed by atoms with Crippen molar-refractivity contribution < 1.29 is 24.2 Å². The summed E-state index contributed by atoms with van der Waals surface area (Å²) in [4.78, 5) is 29.7. The highest BCUT2D eigenvalue weighted by Crippen LogP contribution is 2.41. The lowest BCUT2D eigenvalue weighted by molar-refractivity contribution is -0.119. The maximum atomic E-state index is 12.5. The minimum Gasteiger partial charge on any atom is -0.489 e. The Balaban J connectivity index is 1.53. The van der Waals surface area contributed by atoms with Crippen LogP contribution in [0.4, 0.5) is 10.5 Å². The van der Waals surface area contributed by atoms with Gasteiger partial charge in [0.2, 0.25) is 5.91 Å². The van der Waals surface area contributed by atoms with Crippen LogP contribution in [0, 0.1) is 5.92 Å². The maximum Gasteiger partial charge on any atom is 0.415 e. The van der Waals surface area contributed by atoms with E-state index in [1.807, 2.05) is 30.3 Å². The highest BCUT2D eigenvalue weighted by atomic mass is 16.6. The summed E-state index contributed by atoms with van der Waals surface area (Å²) in [6.07, 6.45) is 0.917. The van der Waals surface area contributed by atoms with Gasteiger partial charge in [-0.25, -0.2) is 4.79 Å². The summed E-state index contributed by atoms with van der Waals surface area (Å²) in [5.74, 6) is 0.802. The third-order valence-electron chi connectivity index (χ3n) is 5.55. The van der Waals surface area contributed by atoms with Gasteiger partial charge in [0.25, 0.3) is 0 Å². The maximum absolute atomic E-state index is 12.5. The standard InChI is InChI=1S/C23H27N3O5/c1-13(2)8-20(28)17-6-4-16(10-25-17)15-5-7-18-21(9-15)30-12-19-22(11-24-14(3)27)31-23(29)26(18)19/h4-7,9-10,13,19-20,22,28H,8,11-12H2,1-3H3,(H,24,27). The van der Waals surface area contributed by atoms with Gasteiger partial charge in [-0.3, -0.25) is 14.7 Å². The molecule has 0 aliphatic carbocycles. The molecule has 8 heteroatoms. The number of nitrogens with one attached hydrogen (secondary N) is 1. The van der Waals surface area contributed by atoms with Gasteiger partial charge in [-0.05, 0) is 36.1 Å². The highest BCUT2D eigenvalue weighted by molar-refractivity contribution is 5.94. The Hall–Kier alpha value is -3.13. The van der Waals surface area contributed by atoms with Gasteiger partial charge in [0.15, 0.2) is 0 Å². The van der Waals surface area contributed by atoms with Crippen molar-refractivity contribution in [1.82, 2.24) is 10.3 Å². The summed E-state index contributed by atoms with van der Waals surface area (Å²) >= 11 is 0. The number of fused-ring (bicyclic) bond motifs is 3. The first-order valence-corrected chi connectivity index (χ1v) is 10.5. The Bertz CT molecular complexity index is 976. The predicted octanol–water partition coefficient (Wildman–Crippen LogP) is 3.05. The Morgan fingerprint density at radius 2 is 2.06 bits per heavy atom. The SMILES string of the molecule is CC(=O)NCC1OC(=O)N2c3ccc(-c4ccc(C(O)CC(C)C)nc4)cc3OCC12. The molecule has 2 aromatic rings. The van der Waals surface area contributed by atoms with Gasteiger partial charge >= 0.3 is 6.09 Å². The number of benzene rings is 1. The number of carbonyl (C=O) groups is 2. The number of rotatable bonds is 6. The van der Waals surface area contributed by atoms with Crippen LogP contribution in [-0.4, -0.2) is 47.4 Å². The third kappa shape index (κ3) is 4.34. The first kappa shape index (κ1) is 21.1. The lowest BCUT2D eigenvalue weighted by atomic mass is 10.0. The second-order valence-electron chi connectivity index (χ2n) is 8.41. The van der Waals surface area contributed by atoms with Crippen molar-refractivity contribution in [1.29, 1.82) is 0 Å². The molecule has 0 saturated carbocycles. The topological polar surface area (TPSA) is 101 Å². The van der Waals surface area contributed by atoms with Crippen LogP contribution >= 0.6 is 0 Å². The average Bonchev–Trinajstić information content (AvgIpc) is 3.07. The highest BCUT2D eigenvalue weighted by Gasteiger charge is 2.46. The van der Waals surface area contributed by atoms with Gasteiger partial charge in [-0.15, -0.1) is 0 Å². The molecule has 0 radical (unpaired) electrons. The van der Waals surface area contributed by atoms with Crippen LogP contribution < -0.4 is 15.0 Å². The smallest absolute Gasteiger partial charge is 0.415 e. The van der Waals surface area contributed by atoms with Gasteiger partial charge < -0.3 is 19.9 Å². The molecule has 2 N–H and O–H groups in total. The van der Waals surface area contributed by atoms with Crippen molar-refractivity contribution in [2.75, 3.05) is 18.1 Å². The first-order chi connectivity index (χ1) is 14.8. The molecule has 0 spiro atoms. The van der Waals surface area contributed by atoms with Crippen LogP contribution in [0.2, 0.25) is 0 Å². The van der Waals surface area contributed by atoms with E-state index in [9.17, 15) is 14.7 Å².